The van der Waals surface area contributed by atoms with Gasteiger partial charge in [0.1, 0.15) is 19.0 Å². The second-order valence-electron chi connectivity index (χ2n) is 6.02. The zero-order chi connectivity index (χ0) is 16.8. The minimum atomic E-state index is 0.568. The van der Waals surface area contributed by atoms with Crippen LogP contribution in [0.25, 0.3) is 16.6 Å². The van der Waals surface area contributed by atoms with Crippen molar-refractivity contribution in [1.29, 1.82) is 0 Å². The summed E-state index contributed by atoms with van der Waals surface area (Å²) in [5, 5.41) is 8.96. The number of para-hydroxylation sites is 1. The van der Waals surface area contributed by atoms with Crippen molar-refractivity contribution in [3.05, 3.63) is 54.2 Å². The maximum absolute atomic E-state index is 5.66. The third-order valence-corrected chi connectivity index (χ3v) is 4.23. The zero-order valence-electron chi connectivity index (χ0n) is 13.7. The number of nitrogens with one attached hydrogen (secondary N) is 1. The van der Waals surface area contributed by atoms with Gasteiger partial charge in [-0.2, -0.15) is 5.10 Å². The van der Waals surface area contributed by atoms with E-state index in [1.807, 2.05) is 60.0 Å². The van der Waals surface area contributed by atoms with E-state index in [1.165, 1.54) is 0 Å². The van der Waals surface area contributed by atoms with Crippen molar-refractivity contribution in [1.82, 2.24) is 14.6 Å². The molecule has 0 aliphatic carbocycles. The van der Waals surface area contributed by atoms with Gasteiger partial charge in [-0.05, 0) is 31.2 Å². The van der Waals surface area contributed by atoms with Crippen molar-refractivity contribution in [2.75, 3.05) is 18.5 Å². The molecule has 1 N–H and O–H groups in total. The Bertz CT molecular complexity index is 1100. The fourth-order valence-electron chi connectivity index (χ4n) is 3.13. The van der Waals surface area contributed by atoms with Crippen molar-refractivity contribution in [3.8, 4) is 11.5 Å². The molecule has 0 bridgehead atoms. The molecule has 0 saturated heterocycles. The number of hydrogen-bond acceptors (Lipinski definition) is 5. The predicted octanol–water partition coefficient (Wildman–Crippen LogP) is 3.71. The van der Waals surface area contributed by atoms with Crippen LogP contribution in [0, 0.1) is 6.92 Å². The minimum Gasteiger partial charge on any atom is -0.486 e. The number of fused-ring (bicyclic) bond motifs is 4. The van der Waals surface area contributed by atoms with Gasteiger partial charge in [-0.25, -0.2) is 9.50 Å². The molecular weight excluding hydrogens is 316 g/mol. The maximum Gasteiger partial charge on any atom is 0.163 e. The van der Waals surface area contributed by atoms with Gasteiger partial charge >= 0.3 is 0 Å². The Labute approximate surface area is 144 Å². The molecule has 0 saturated carbocycles. The third-order valence-electron chi connectivity index (χ3n) is 4.23. The lowest BCUT2D eigenvalue weighted by Gasteiger charge is -2.19. The summed E-state index contributed by atoms with van der Waals surface area (Å²) in [5.74, 6) is 2.32. The Morgan fingerprint density at radius 3 is 2.76 bits per heavy atom. The van der Waals surface area contributed by atoms with Crippen LogP contribution in [0.5, 0.6) is 11.5 Å². The third kappa shape index (κ3) is 2.34. The van der Waals surface area contributed by atoms with Gasteiger partial charge in [-0.3, -0.25) is 0 Å². The lowest BCUT2D eigenvalue weighted by molar-refractivity contribution is 0.171. The Balaban J connectivity index is 1.64. The van der Waals surface area contributed by atoms with Gasteiger partial charge in [0.05, 0.1) is 11.2 Å². The first-order valence-corrected chi connectivity index (χ1v) is 8.20. The molecule has 0 amide bonds. The molecular formula is C19H16N4O2. The molecule has 25 heavy (non-hydrogen) atoms. The number of hydrogen-bond donors (Lipinski definition) is 1. The molecule has 3 heterocycles. The van der Waals surface area contributed by atoms with Crippen molar-refractivity contribution < 1.29 is 9.47 Å². The molecule has 0 atom stereocenters. The number of anilines is 2. The van der Waals surface area contributed by atoms with Crippen molar-refractivity contribution in [3.63, 3.8) is 0 Å². The van der Waals surface area contributed by atoms with E-state index in [2.05, 4.69) is 10.4 Å². The molecule has 1 aliphatic heterocycles. The van der Waals surface area contributed by atoms with Gasteiger partial charge in [0, 0.05) is 23.2 Å². The largest absolute Gasteiger partial charge is 0.486 e. The lowest BCUT2D eigenvalue weighted by atomic mass is 10.2. The molecule has 0 fully saturated rings. The average molecular weight is 332 g/mol. The molecule has 0 unspecified atom stereocenters. The molecule has 6 nitrogen and oxygen atoms in total. The summed E-state index contributed by atoms with van der Waals surface area (Å²) in [6.45, 7) is 3.12. The molecule has 4 aromatic rings. The number of ether oxygens (including phenoxy) is 2. The second kappa shape index (κ2) is 5.37. The summed E-state index contributed by atoms with van der Waals surface area (Å²) in [6.07, 6.45) is 0. The number of aromatic nitrogens is 3. The van der Waals surface area contributed by atoms with Crippen molar-refractivity contribution in [2.24, 2.45) is 0 Å². The van der Waals surface area contributed by atoms with E-state index in [-0.39, 0.29) is 0 Å². The molecule has 2 aromatic carbocycles. The zero-order valence-corrected chi connectivity index (χ0v) is 13.7. The topological polar surface area (TPSA) is 60.7 Å². The minimum absolute atomic E-state index is 0.568. The Morgan fingerprint density at radius 1 is 1.00 bits per heavy atom. The fraction of sp³-hybridized carbons (Fsp3) is 0.158. The summed E-state index contributed by atoms with van der Waals surface area (Å²) in [5.41, 5.74) is 3.67. The molecule has 0 radical (unpaired) electrons. The number of nitrogens with zero attached hydrogens (tertiary/aromatic N) is 3. The summed E-state index contributed by atoms with van der Waals surface area (Å²) < 4.78 is 13.1. The fourth-order valence-corrected chi connectivity index (χ4v) is 3.13. The average Bonchev–Trinajstić information content (AvgIpc) is 3.02. The lowest BCUT2D eigenvalue weighted by Crippen LogP contribution is -2.15. The summed E-state index contributed by atoms with van der Waals surface area (Å²) in [4.78, 5) is 4.75. The molecule has 124 valence electrons. The molecule has 2 aromatic heterocycles. The Hall–Kier alpha value is -3.28. The Morgan fingerprint density at radius 2 is 1.84 bits per heavy atom. The summed E-state index contributed by atoms with van der Waals surface area (Å²) in [6, 6.07) is 15.9. The van der Waals surface area contributed by atoms with E-state index in [4.69, 9.17) is 14.5 Å². The van der Waals surface area contributed by atoms with Gasteiger partial charge in [-0.1, -0.05) is 12.1 Å². The van der Waals surface area contributed by atoms with E-state index in [9.17, 15) is 0 Å². The van der Waals surface area contributed by atoms with Crippen molar-refractivity contribution in [2.45, 2.75) is 6.92 Å². The highest BCUT2D eigenvalue weighted by molar-refractivity contribution is 5.93. The summed E-state index contributed by atoms with van der Waals surface area (Å²) in [7, 11) is 0. The van der Waals surface area contributed by atoms with Gasteiger partial charge in [0.25, 0.3) is 0 Å². The molecule has 5 rings (SSSR count). The standard InChI is InChI=1S/C19H16N4O2/c1-12-10-18-21-19(14-4-2-3-5-15(14)23(18)22-12)20-13-6-7-16-17(11-13)25-9-8-24-16/h2-7,10-11H,8-9H2,1H3,(H,20,21). The van der Waals surface area contributed by atoms with E-state index >= 15 is 0 Å². The maximum atomic E-state index is 5.66. The number of aryl methyl sites for hydroxylation is 1. The van der Waals surface area contributed by atoms with Crippen LogP contribution in [0.3, 0.4) is 0 Å². The first-order chi connectivity index (χ1) is 12.3. The van der Waals surface area contributed by atoms with Crippen LogP contribution in [0.2, 0.25) is 0 Å². The van der Waals surface area contributed by atoms with Crippen LogP contribution in [0.1, 0.15) is 5.69 Å². The van der Waals surface area contributed by atoms with Crippen LogP contribution in [-0.4, -0.2) is 27.8 Å². The highest BCUT2D eigenvalue weighted by Crippen LogP contribution is 2.34. The van der Waals surface area contributed by atoms with E-state index in [1.54, 1.807) is 0 Å². The normalized spacial score (nSPS) is 13.3. The first kappa shape index (κ1) is 14.1. The quantitative estimate of drug-likeness (QED) is 0.606. The smallest absolute Gasteiger partial charge is 0.163 e. The highest BCUT2D eigenvalue weighted by Gasteiger charge is 2.14. The first-order valence-electron chi connectivity index (χ1n) is 8.20. The molecule has 6 heteroatoms. The van der Waals surface area contributed by atoms with Gasteiger partial charge in [0.2, 0.25) is 0 Å². The van der Waals surface area contributed by atoms with Gasteiger partial charge in [-0.15, -0.1) is 0 Å². The van der Waals surface area contributed by atoms with Crippen LogP contribution in [-0.2, 0) is 0 Å². The number of benzene rings is 2. The Kier molecular flexibility index (Phi) is 3.03. The predicted molar refractivity (Wildman–Crippen MR) is 95.9 cm³/mol. The van der Waals surface area contributed by atoms with Crippen LogP contribution in [0.4, 0.5) is 11.5 Å². The van der Waals surface area contributed by atoms with E-state index in [0.717, 1.165) is 45.2 Å². The van der Waals surface area contributed by atoms with Crippen LogP contribution in [0.15, 0.2) is 48.5 Å². The van der Waals surface area contributed by atoms with E-state index < -0.39 is 0 Å². The summed E-state index contributed by atoms with van der Waals surface area (Å²) >= 11 is 0. The highest BCUT2D eigenvalue weighted by atomic mass is 16.6. The number of rotatable bonds is 2. The second-order valence-corrected chi connectivity index (χ2v) is 6.02. The van der Waals surface area contributed by atoms with Gasteiger partial charge in [0.15, 0.2) is 17.1 Å². The van der Waals surface area contributed by atoms with Crippen molar-refractivity contribution >= 4 is 28.1 Å². The van der Waals surface area contributed by atoms with E-state index in [0.29, 0.717) is 13.2 Å². The monoisotopic (exact) mass is 332 g/mol. The van der Waals surface area contributed by atoms with Crippen LogP contribution >= 0.6 is 0 Å². The SMILES string of the molecule is Cc1cc2nc(Nc3ccc4c(c3)OCCO4)c3ccccc3n2n1. The molecule has 0 spiro atoms. The van der Waals surface area contributed by atoms with Gasteiger partial charge < -0.3 is 14.8 Å². The molecule has 1 aliphatic rings. The van der Waals surface area contributed by atoms with Crippen LogP contribution < -0.4 is 14.8 Å².